The Balaban J connectivity index is 3.25. The fourth-order valence-electron chi connectivity index (χ4n) is 0.654. The Morgan fingerprint density at radius 1 is 1.42 bits per heavy atom. The van der Waals surface area contributed by atoms with Crippen molar-refractivity contribution in [2.24, 2.45) is 0 Å². The van der Waals surface area contributed by atoms with Crippen molar-refractivity contribution >= 4 is 18.0 Å². The van der Waals surface area contributed by atoms with Crippen molar-refractivity contribution in [3.63, 3.8) is 0 Å². The largest absolute Gasteiger partial charge is 0.466 e. The van der Waals surface area contributed by atoms with Gasteiger partial charge in [-0.1, -0.05) is 0 Å². The van der Waals surface area contributed by atoms with E-state index in [0.29, 0.717) is 6.42 Å². The maximum atomic E-state index is 10.7. The van der Waals surface area contributed by atoms with Crippen LogP contribution in [0.3, 0.4) is 0 Å². The van der Waals surface area contributed by atoms with E-state index in [9.17, 15) is 14.4 Å². The minimum Gasteiger partial charge on any atom is -0.466 e. The summed E-state index contributed by atoms with van der Waals surface area (Å²) in [6, 6.07) is 0. The molecule has 0 N–H and O–H groups in total. The first-order valence-corrected chi connectivity index (χ1v) is 3.67. The van der Waals surface area contributed by atoms with Crippen LogP contribution in [0.15, 0.2) is 0 Å². The molecule has 4 nitrogen and oxygen atoms in total. The molecule has 0 aliphatic rings. The van der Waals surface area contributed by atoms with Gasteiger partial charge in [0.15, 0.2) is 0 Å². The number of hydrogen-bond donors (Lipinski definition) is 0. The Bertz CT molecular complexity index is 174. The third-order valence-electron chi connectivity index (χ3n) is 1.17. The molecular formula is C8H11O4. The molecule has 0 aliphatic heterocycles. The van der Waals surface area contributed by atoms with Gasteiger partial charge in [0.05, 0.1) is 13.0 Å². The summed E-state index contributed by atoms with van der Waals surface area (Å²) in [5, 5.41) is 0. The van der Waals surface area contributed by atoms with Crippen molar-refractivity contribution in [1.29, 1.82) is 0 Å². The molecule has 0 saturated heterocycles. The van der Waals surface area contributed by atoms with Crippen LogP contribution in [0.25, 0.3) is 0 Å². The van der Waals surface area contributed by atoms with Gasteiger partial charge in [0.2, 0.25) is 6.29 Å². The zero-order valence-electron chi connectivity index (χ0n) is 6.96. The Labute approximate surface area is 70.9 Å². The Kier molecular flexibility index (Phi) is 5.87. The fourth-order valence-corrected chi connectivity index (χ4v) is 0.654. The second-order valence-electron chi connectivity index (χ2n) is 2.30. The van der Waals surface area contributed by atoms with Gasteiger partial charge in [0.25, 0.3) is 0 Å². The summed E-state index contributed by atoms with van der Waals surface area (Å²) in [5.41, 5.74) is 0. The molecule has 0 aromatic rings. The zero-order valence-corrected chi connectivity index (χ0v) is 6.96. The second-order valence-corrected chi connectivity index (χ2v) is 2.30. The van der Waals surface area contributed by atoms with Crippen molar-refractivity contribution in [3.05, 3.63) is 0 Å². The quantitative estimate of drug-likeness (QED) is 0.329. The Hall–Kier alpha value is -1.19. The average Bonchev–Trinajstić information content (AvgIpc) is 1.98. The van der Waals surface area contributed by atoms with Crippen LogP contribution in [-0.2, 0) is 19.1 Å². The molecule has 0 unspecified atom stereocenters. The molecule has 0 aliphatic carbocycles. The predicted octanol–water partition coefficient (Wildman–Crippen LogP) is 0.399. The number of Topliss-reactive ketones (excluding diaryl/α,β-unsaturated/α-hetero) is 1. The summed E-state index contributed by atoms with van der Waals surface area (Å²) >= 11 is 0. The number of ether oxygens (including phenoxy) is 1. The molecule has 0 aromatic heterocycles. The summed E-state index contributed by atoms with van der Waals surface area (Å²) < 4.78 is 4.58. The van der Waals surface area contributed by atoms with Gasteiger partial charge in [-0.2, -0.15) is 0 Å². The van der Waals surface area contributed by atoms with E-state index >= 15 is 0 Å². The molecule has 67 valence electrons. The first kappa shape index (κ1) is 10.8. The highest BCUT2D eigenvalue weighted by Gasteiger charge is 2.01. The molecule has 4 heteroatoms. The van der Waals surface area contributed by atoms with E-state index in [1.54, 1.807) is 0 Å². The number of ketones is 1. The molecule has 0 bridgehead atoms. The molecule has 0 atom stereocenters. The van der Waals surface area contributed by atoms with Gasteiger partial charge in [-0.05, 0) is 6.42 Å². The lowest BCUT2D eigenvalue weighted by molar-refractivity contribution is -0.141. The summed E-state index contributed by atoms with van der Waals surface area (Å²) in [6.07, 6.45) is 2.08. The molecule has 0 aromatic carbocycles. The highest BCUT2D eigenvalue weighted by molar-refractivity contribution is 5.89. The number of carbonyl (C=O) groups excluding carboxylic acids is 3. The van der Waals surface area contributed by atoms with Gasteiger partial charge in [-0.3, -0.25) is 14.4 Å². The van der Waals surface area contributed by atoms with Crippen molar-refractivity contribution in [1.82, 2.24) is 0 Å². The van der Waals surface area contributed by atoms with Gasteiger partial charge < -0.3 is 4.74 Å². The number of hydrogen-bond acceptors (Lipinski definition) is 4. The summed E-state index contributed by atoms with van der Waals surface area (Å²) in [6.45, 7) is 1.54. The van der Waals surface area contributed by atoms with Gasteiger partial charge in [0, 0.05) is 13.3 Å². The molecule has 0 rings (SSSR count). The van der Waals surface area contributed by atoms with E-state index in [1.165, 1.54) is 13.2 Å². The molecule has 0 fully saturated rings. The van der Waals surface area contributed by atoms with E-state index in [0.717, 1.165) is 0 Å². The molecule has 0 spiro atoms. The molecule has 0 saturated carbocycles. The molecule has 12 heavy (non-hydrogen) atoms. The first-order valence-electron chi connectivity index (χ1n) is 3.67. The monoisotopic (exact) mass is 171 g/mol. The standard InChI is InChI=1S/C8H11O4/c1-7(10)12-6-2-3-8(11)4-5-9/h2-4,6H2,1H3. The van der Waals surface area contributed by atoms with Crippen molar-refractivity contribution in [3.8, 4) is 0 Å². The van der Waals surface area contributed by atoms with E-state index in [4.69, 9.17) is 0 Å². The molecule has 1 radical (unpaired) electrons. The number of esters is 1. The highest BCUT2D eigenvalue weighted by Crippen LogP contribution is 1.94. The van der Waals surface area contributed by atoms with Gasteiger partial charge in [-0.25, -0.2) is 0 Å². The fraction of sp³-hybridized carbons (Fsp3) is 0.625. The van der Waals surface area contributed by atoms with Crippen LogP contribution in [0, 0.1) is 0 Å². The summed E-state index contributed by atoms with van der Waals surface area (Å²) in [4.78, 5) is 30.7. The van der Waals surface area contributed by atoms with Crippen LogP contribution in [0.1, 0.15) is 26.2 Å². The van der Waals surface area contributed by atoms with Crippen LogP contribution >= 0.6 is 0 Å². The maximum Gasteiger partial charge on any atom is 0.302 e. The van der Waals surface area contributed by atoms with E-state index in [2.05, 4.69) is 4.74 Å². The Morgan fingerprint density at radius 3 is 2.58 bits per heavy atom. The van der Waals surface area contributed by atoms with Crippen LogP contribution in [0.5, 0.6) is 0 Å². The maximum absolute atomic E-state index is 10.7. The van der Waals surface area contributed by atoms with Crippen LogP contribution in [0.4, 0.5) is 0 Å². The van der Waals surface area contributed by atoms with Crippen LogP contribution in [-0.4, -0.2) is 24.6 Å². The van der Waals surface area contributed by atoms with Crippen LogP contribution < -0.4 is 0 Å². The van der Waals surface area contributed by atoms with Gasteiger partial charge in [0.1, 0.15) is 5.78 Å². The van der Waals surface area contributed by atoms with Crippen LogP contribution in [0.2, 0.25) is 0 Å². The van der Waals surface area contributed by atoms with E-state index in [1.807, 2.05) is 0 Å². The lowest BCUT2D eigenvalue weighted by Gasteiger charge is -1.98. The average molecular weight is 171 g/mol. The summed E-state index contributed by atoms with van der Waals surface area (Å²) in [7, 11) is 0. The highest BCUT2D eigenvalue weighted by atomic mass is 16.5. The van der Waals surface area contributed by atoms with Crippen molar-refractivity contribution in [2.75, 3.05) is 6.61 Å². The minimum atomic E-state index is -0.357. The lowest BCUT2D eigenvalue weighted by atomic mass is 10.2. The molecule has 0 heterocycles. The number of carbonyl (C=O) groups is 2. The smallest absolute Gasteiger partial charge is 0.302 e. The Morgan fingerprint density at radius 2 is 2.08 bits per heavy atom. The van der Waals surface area contributed by atoms with E-state index < -0.39 is 0 Å². The third kappa shape index (κ3) is 6.92. The third-order valence-corrected chi connectivity index (χ3v) is 1.17. The van der Waals surface area contributed by atoms with E-state index in [-0.39, 0.29) is 31.2 Å². The topological polar surface area (TPSA) is 60.4 Å². The number of rotatable bonds is 6. The zero-order chi connectivity index (χ0) is 9.40. The lowest BCUT2D eigenvalue weighted by Crippen LogP contribution is -2.04. The minimum absolute atomic E-state index is 0.167. The predicted molar refractivity (Wildman–Crippen MR) is 41.2 cm³/mol. The second kappa shape index (κ2) is 6.52. The summed E-state index contributed by atoms with van der Waals surface area (Å²) in [5.74, 6) is -0.526. The van der Waals surface area contributed by atoms with Crippen molar-refractivity contribution < 1.29 is 19.1 Å². The van der Waals surface area contributed by atoms with Gasteiger partial charge in [-0.15, -0.1) is 0 Å². The SMILES string of the molecule is CC(=O)OCCCC(=O)C[C]=O. The van der Waals surface area contributed by atoms with Crippen molar-refractivity contribution in [2.45, 2.75) is 26.2 Å². The normalized spacial score (nSPS) is 9.08. The first-order chi connectivity index (χ1) is 5.66. The molecule has 0 amide bonds. The molecular weight excluding hydrogens is 160 g/mol. The van der Waals surface area contributed by atoms with Gasteiger partial charge >= 0.3 is 5.97 Å².